The highest BCUT2D eigenvalue weighted by Gasteiger charge is 2.00. The SMILES string of the molecule is Cn1cnnc1CNc1ncccn1. The number of anilines is 1. The Balaban J connectivity index is 1.99. The molecule has 1 N–H and O–H groups in total. The van der Waals surface area contributed by atoms with E-state index in [4.69, 9.17) is 0 Å². The maximum absolute atomic E-state index is 4.03. The van der Waals surface area contributed by atoms with E-state index in [1.54, 1.807) is 24.8 Å². The Hall–Kier alpha value is -1.98. The minimum Gasteiger partial charge on any atom is -0.347 e. The molecule has 0 aromatic carbocycles. The van der Waals surface area contributed by atoms with Gasteiger partial charge in [0.2, 0.25) is 5.95 Å². The first-order valence-electron chi connectivity index (χ1n) is 4.20. The lowest BCUT2D eigenvalue weighted by molar-refractivity contribution is 0.807. The summed E-state index contributed by atoms with van der Waals surface area (Å²) < 4.78 is 1.84. The molecule has 0 fully saturated rings. The van der Waals surface area contributed by atoms with Gasteiger partial charge in [0.15, 0.2) is 5.82 Å². The third kappa shape index (κ3) is 1.85. The third-order valence-corrected chi connectivity index (χ3v) is 1.78. The van der Waals surface area contributed by atoms with Crippen molar-refractivity contribution in [3.63, 3.8) is 0 Å². The first-order valence-corrected chi connectivity index (χ1v) is 4.20. The predicted molar refractivity (Wildman–Crippen MR) is 50.4 cm³/mol. The molecule has 2 rings (SSSR count). The van der Waals surface area contributed by atoms with Gasteiger partial charge < -0.3 is 9.88 Å². The van der Waals surface area contributed by atoms with Crippen LogP contribution in [0.25, 0.3) is 0 Å². The molecule has 0 aliphatic rings. The second-order valence-electron chi connectivity index (χ2n) is 2.78. The molecule has 72 valence electrons. The van der Waals surface area contributed by atoms with Gasteiger partial charge in [-0.15, -0.1) is 10.2 Å². The van der Waals surface area contributed by atoms with Gasteiger partial charge in [0.1, 0.15) is 6.33 Å². The summed E-state index contributed by atoms with van der Waals surface area (Å²) in [6, 6.07) is 1.77. The number of nitrogens with zero attached hydrogens (tertiary/aromatic N) is 5. The number of aryl methyl sites for hydroxylation is 1. The predicted octanol–water partition coefficient (Wildman–Crippen LogP) is 0.217. The molecule has 0 radical (unpaired) electrons. The monoisotopic (exact) mass is 190 g/mol. The number of hydrogen-bond acceptors (Lipinski definition) is 5. The average Bonchev–Trinajstić information content (AvgIpc) is 2.63. The van der Waals surface area contributed by atoms with Crippen LogP contribution in [0.3, 0.4) is 0 Å². The normalized spacial score (nSPS) is 10.1. The molecule has 14 heavy (non-hydrogen) atoms. The maximum atomic E-state index is 4.03. The summed E-state index contributed by atoms with van der Waals surface area (Å²) in [6.07, 6.45) is 5.03. The Kier molecular flexibility index (Phi) is 2.35. The van der Waals surface area contributed by atoms with Crippen molar-refractivity contribution < 1.29 is 0 Å². The van der Waals surface area contributed by atoms with E-state index < -0.39 is 0 Å². The molecular formula is C8H10N6. The van der Waals surface area contributed by atoms with Crippen molar-refractivity contribution >= 4 is 5.95 Å². The van der Waals surface area contributed by atoms with E-state index in [0.29, 0.717) is 12.5 Å². The van der Waals surface area contributed by atoms with Crippen LogP contribution in [0, 0.1) is 0 Å². The van der Waals surface area contributed by atoms with E-state index in [-0.39, 0.29) is 0 Å². The summed E-state index contributed by atoms with van der Waals surface area (Å²) in [5, 5.41) is 10.7. The fourth-order valence-corrected chi connectivity index (χ4v) is 1.02. The summed E-state index contributed by atoms with van der Waals surface area (Å²) in [7, 11) is 1.89. The zero-order valence-corrected chi connectivity index (χ0v) is 7.75. The molecule has 2 aromatic heterocycles. The smallest absolute Gasteiger partial charge is 0.222 e. The van der Waals surface area contributed by atoms with Gasteiger partial charge in [-0.1, -0.05) is 0 Å². The fraction of sp³-hybridized carbons (Fsp3) is 0.250. The van der Waals surface area contributed by atoms with Gasteiger partial charge in [0, 0.05) is 19.4 Å². The highest BCUT2D eigenvalue weighted by atomic mass is 15.3. The number of aromatic nitrogens is 5. The third-order valence-electron chi connectivity index (χ3n) is 1.78. The molecule has 0 atom stereocenters. The molecule has 0 bridgehead atoms. The summed E-state index contributed by atoms with van der Waals surface area (Å²) in [4.78, 5) is 8.06. The van der Waals surface area contributed by atoms with Crippen LogP contribution in [0.5, 0.6) is 0 Å². The molecule has 6 nitrogen and oxygen atoms in total. The van der Waals surface area contributed by atoms with Gasteiger partial charge in [-0.05, 0) is 6.07 Å². The van der Waals surface area contributed by atoms with Crippen molar-refractivity contribution in [2.24, 2.45) is 7.05 Å². The molecule has 0 saturated heterocycles. The summed E-state index contributed by atoms with van der Waals surface area (Å²) in [6.45, 7) is 0.570. The largest absolute Gasteiger partial charge is 0.347 e. The molecule has 2 aromatic rings. The van der Waals surface area contributed by atoms with E-state index in [1.165, 1.54) is 0 Å². The van der Waals surface area contributed by atoms with Crippen LogP contribution in [0.4, 0.5) is 5.95 Å². The lowest BCUT2D eigenvalue weighted by atomic mass is 10.6. The van der Waals surface area contributed by atoms with Gasteiger partial charge in [-0.25, -0.2) is 9.97 Å². The number of nitrogens with one attached hydrogen (secondary N) is 1. The number of hydrogen-bond donors (Lipinski definition) is 1. The highest BCUT2D eigenvalue weighted by molar-refractivity contribution is 5.22. The molecule has 0 unspecified atom stereocenters. The summed E-state index contributed by atoms with van der Waals surface area (Å²) >= 11 is 0. The minimum atomic E-state index is 0.570. The van der Waals surface area contributed by atoms with E-state index in [1.807, 2.05) is 11.6 Å². The van der Waals surface area contributed by atoms with Gasteiger partial charge in [-0.3, -0.25) is 0 Å². The van der Waals surface area contributed by atoms with Crippen LogP contribution < -0.4 is 5.32 Å². The second-order valence-corrected chi connectivity index (χ2v) is 2.78. The van der Waals surface area contributed by atoms with E-state index in [2.05, 4.69) is 25.5 Å². The van der Waals surface area contributed by atoms with Crippen LogP contribution in [0.1, 0.15) is 5.82 Å². The lowest BCUT2D eigenvalue weighted by Gasteiger charge is -2.02. The quantitative estimate of drug-likeness (QED) is 0.749. The molecule has 6 heteroatoms. The molecule has 0 aliphatic heterocycles. The van der Waals surface area contributed by atoms with Gasteiger partial charge in [-0.2, -0.15) is 0 Å². The van der Waals surface area contributed by atoms with E-state index in [0.717, 1.165) is 5.82 Å². The Morgan fingerprint density at radius 2 is 2.14 bits per heavy atom. The average molecular weight is 190 g/mol. The topological polar surface area (TPSA) is 68.5 Å². The van der Waals surface area contributed by atoms with Crippen molar-refractivity contribution in [1.29, 1.82) is 0 Å². The summed E-state index contributed by atoms with van der Waals surface area (Å²) in [5.74, 6) is 1.44. The van der Waals surface area contributed by atoms with Crippen LogP contribution in [-0.2, 0) is 13.6 Å². The van der Waals surface area contributed by atoms with E-state index in [9.17, 15) is 0 Å². The fourth-order valence-electron chi connectivity index (χ4n) is 1.02. The second kappa shape index (κ2) is 3.82. The Morgan fingerprint density at radius 1 is 1.36 bits per heavy atom. The van der Waals surface area contributed by atoms with Crippen molar-refractivity contribution in [2.75, 3.05) is 5.32 Å². The molecule has 0 amide bonds. The maximum Gasteiger partial charge on any atom is 0.222 e. The first-order chi connectivity index (χ1) is 6.86. The van der Waals surface area contributed by atoms with Crippen LogP contribution in [-0.4, -0.2) is 24.7 Å². The van der Waals surface area contributed by atoms with Crippen molar-refractivity contribution in [1.82, 2.24) is 24.7 Å². The minimum absolute atomic E-state index is 0.570. The Labute approximate surface area is 81.0 Å². The molecular weight excluding hydrogens is 180 g/mol. The van der Waals surface area contributed by atoms with Crippen LogP contribution in [0.2, 0.25) is 0 Å². The standard InChI is InChI=1S/C8H10N6/c1-14-6-12-13-7(14)5-11-8-9-3-2-4-10-8/h2-4,6H,5H2,1H3,(H,9,10,11). The summed E-state index contributed by atoms with van der Waals surface area (Å²) in [5.41, 5.74) is 0. The van der Waals surface area contributed by atoms with Gasteiger partial charge in [0.25, 0.3) is 0 Å². The van der Waals surface area contributed by atoms with Gasteiger partial charge >= 0.3 is 0 Å². The molecule has 0 aliphatic carbocycles. The Bertz CT molecular complexity index is 395. The lowest BCUT2D eigenvalue weighted by Crippen LogP contribution is -2.07. The highest BCUT2D eigenvalue weighted by Crippen LogP contribution is 1.98. The van der Waals surface area contributed by atoms with Crippen LogP contribution >= 0.6 is 0 Å². The Morgan fingerprint density at radius 3 is 2.79 bits per heavy atom. The molecule has 0 spiro atoms. The molecule has 2 heterocycles. The van der Waals surface area contributed by atoms with Crippen molar-refractivity contribution in [2.45, 2.75) is 6.54 Å². The molecule has 0 saturated carbocycles. The van der Waals surface area contributed by atoms with Crippen LogP contribution in [0.15, 0.2) is 24.8 Å². The first kappa shape index (κ1) is 8.61. The van der Waals surface area contributed by atoms with Crippen molar-refractivity contribution in [3.8, 4) is 0 Å². The van der Waals surface area contributed by atoms with E-state index >= 15 is 0 Å². The van der Waals surface area contributed by atoms with Crippen molar-refractivity contribution in [3.05, 3.63) is 30.6 Å². The zero-order chi connectivity index (χ0) is 9.80. The zero-order valence-electron chi connectivity index (χ0n) is 7.75. The van der Waals surface area contributed by atoms with Gasteiger partial charge in [0.05, 0.1) is 6.54 Å². The number of rotatable bonds is 3.